The molecule has 0 radical (unpaired) electrons. The maximum atomic E-state index is 6.17. The number of hydrogen-bond acceptors (Lipinski definition) is 2. The van der Waals surface area contributed by atoms with Gasteiger partial charge in [0.05, 0.1) is 0 Å². The second-order valence-corrected chi connectivity index (χ2v) is 9.46. The van der Waals surface area contributed by atoms with Crippen molar-refractivity contribution in [3.8, 4) is 0 Å². The predicted molar refractivity (Wildman–Crippen MR) is 94.3 cm³/mol. The molecule has 0 amide bonds. The van der Waals surface area contributed by atoms with Crippen molar-refractivity contribution < 1.29 is 0 Å². The molecular weight excluding hydrogens is 268 g/mol. The van der Waals surface area contributed by atoms with Crippen LogP contribution in [0.25, 0.3) is 0 Å². The highest BCUT2D eigenvalue weighted by Crippen LogP contribution is 2.51. The molecule has 4 aliphatic rings. The van der Waals surface area contributed by atoms with Crippen LogP contribution in [-0.2, 0) is 0 Å². The van der Waals surface area contributed by atoms with E-state index >= 15 is 0 Å². The third-order valence-electron chi connectivity index (χ3n) is 7.63. The average molecular weight is 307 g/mol. The van der Waals surface area contributed by atoms with E-state index in [2.05, 4.69) is 27.7 Å². The molecule has 4 bridgehead atoms. The summed E-state index contributed by atoms with van der Waals surface area (Å²) in [6.45, 7) is 9.30. The first-order valence-corrected chi connectivity index (χ1v) is 9.91. The number of rotatable bonds is 2. The molecule has 22 heavy (non-hydrogen) atoms. The lowest BCUT2D eigenvalue weighted by atomic mass is 9.78. The lowest BCUT2D eigenvalue weighted by molar-refractivity contribution is 0.222. The van der Waals surface area contributed by atoms with Gasteiger partial charge in [0.15, 0.2) is 0 Å². The highest BCUT2D eigenvalue weighted by Gasteiger charge is 2.47. The van der Waals surface area contributed by atoms with Gasteiger partial charge < -0.3 is 11.5 Å². The summed E-state index contributed by atoms with van der Waals surface area (Å²) in [7, 11) is 0. The van der Waals surface area contributed by atoms with E-state index in [0.29, 0.717) is 12.1 Å². The first-order valence-electron chi connectivity index (χ1n) is 9.91. The summed E-state index contributed by atoms with van der Waals surface area (Å²) in [5.74, 6) is 7.02. The summed E-state index contributed by atoms with van der Waals surface area (Å²) < 4.78 is 0. The third kappa shape index (κ3) is 2.86. The fourth-order valence-corrected chi connectivity index (χ4v) is 6.74. The zero-order valence-corrected chi connectivity index (χ0v) is 15.2. The molecule has 0 aromatic carbocycles. The first kappa shape index (κ1) is 16.8. The van der Waals surface area contributed by atoms with Crippen molar-refractivity contribution in [1.29, 1.82) is 0 Å². The van der Waals surface area contributed by atoms with Crippen LogP contribution in [0.4, 0.5) is 0 Å². The van der Waals surface area contributed by atoms with E-state index in [9.17, 15) is 0 Å². The number of fused-ring (bicyclic) bond motifs is 4. The summed E-state index contributed by atoms with van der Waals surface area (Å²) in [6, 6.07) is 1.07. The molecule has 4 aliphatic carbocycles. The van der Waals surface area contributed by atoms with Gasteiger partial charge in [0.2, 0.25) is 0 Å². The van der Waals surface area contributed by atoms with Crippen LogP contribution >= 0.6 is 0 Å². The Labute approximate surface area is 137 Å². The summed E-state index contributed by atoms with van der Waals surface area (Å²) >= 11 is 0. The second kappa shape index (κ2) is 6.43. The van der Waals surface area contributed by atoms with Gasteiger partial charge in [-0.05, 0) is 85.9 Å². The van der Waals surface area contributed by atoms with Crippen molar-refractivity contribution in [3.05, 3.63) is 0 Å². The molecule has 4 N–H and O–H groups in total. The Bertz CT molecular complexity index is 338. The normalized spacial score (nSPS) is 49.1. The van der Waals surface area contributed by atoms with Crippen molar-refractivity contribution in [3.63, 3.8) is 0 Å². The van der Waals surface area contributed by atoms with Gasteiger partial charge in [-0.15, -0.1) is 0 Å². The summed E-state index contributed by atoms with van der Waals surface area (Å²) in [5, 5.41) is 0. The summed E-state index contributed by atoms with van der Waals surface area (Å²) in [5.41, 5.74) is 12.3. The molecule has 0 heterocycles. The maximum Gasteiger partial charge on any atom is 0.0101 e. The Morgan fingerprint density at radius 1 is 0.591 bits per heavy atom. The van der Waals surface area contributed by atoms with E-state index < -0.39 is 0 Å². The zero-order valence-electron chi connectivity index (χ0n) is 15.2. The van der Waals surface area contributed by atoms with Crippen LogP contribution < -0.4 is 11.5 Å². The van der Waals surface area contributed by atoms with Gasteiger partial charge in [-0.25, -0.2) is 0 Å². The van der Waals surface area contributed by atoms with Crippen LogP contribution in [0.3, 0.4) is 0 Å². The molecule has 0 saturated heterocycles. The minimum absolute atomic E-state index is 0.536. The molecule has 128 valence electrons. The van der Waals surface area contributed by atoms with Crippen LogP contribution in [0.2, 0.25) is 0 Å². The van der Waals surface area contributed by atoms with Crippen LogP contribution in [0.15, 0.2) is 0 Å². The van der Waals surface area contributed by atoms with Crippen LogP contribution in [0.5, 0.6) is 0 Å². The van der Waals surface area contributed by atoms with Gasteiger partial charge in [0, 0.05) is 12.1 Å². The van der Waals surface area contributed by atoms with Crippen molar-refractivity contribution in [2.45, 2.75) is 78.3 Å². The van der Waals surface area contributed by atoms with Gasteiger partial charge >= 0.3 is 0 Å². The third-order valence-corrected chi connectivity index (χ3v) is 7.63. The van der Waals surface area contributed by atoms with Crippen molar-refractivity contribution in [2.24, 2.45) is 58.8 Å². The fourth-order valence-electron chi connectivity index (χ4n) is 6.74. The summed E-state index contributed by atoms with van der Waals surface area (Å²) in [6.07, 6.45) is 8.61. The van der Waals surface area contributed by atoms with Crippen molar-refractivity contribution in [2.75, 3.05) is 0 Å². The topological polar surface area (TPSA) is 52.0 Å². The van der Waals surface area contributed by atoms with Gasteiger partial charge in [-0.2, -0.15) is 0 Å². The molecule has 0 aliphatic heterocycles. The molecule has 8 atom stereocenters. The lowest BCUT2D eigenvalue weighted by Gasteiger charge is -2.31. The fraction of sp³-hybridized carbons (Fsp3) is 1.00. The van der Waals surface area contributed by atoms with Crippen molar-refractivity contribution in [1.82, 2.24) is 0 Å². The minimum Gasteiger partial charge on any atom is -0.327 e. The molecular formula is C20H38N2. The Kier molecular flexibility index (Phi) is 4.90. The monoisotopic (exact) mass is 306 g/mol. The van der Waals surface area contributed by atoms with E-state index in [1.807, 2.05) is 0 Å². The summed E-state index contributed by atoms with van der Waals surface area (Å²) in [4.78, 5) is 0. The maximum absolute atomic E-state index is 6.17. The smallest absolute Gasteiger partial charge is 0.0101 e. The Morgan fingerprint density at radius 2 is 0.909 bits per heavy atom. The van der Waals surface area contributed by atoms with Crippen LogP contribution in [-0.4, -0.2) is 12.1 Å². The Balaban J connectivity index is 0.000000131. The van der Waals surface area contributed by atoms with Gasteiger partial charge in [0.25, 0.3) is 0 Å². The van der Waals surface area contributed by atoms with Crippen molar-refractivity contribution >= 4 is 0 Å². The second-order valence-electron chi connectivity index (χ2n) is 9.46. The minimum atomic E-state index is 0.536. The number of hydrogen-bond donors (Lipinski definition) is 2. The zero-order chi connectivity index (χ0) is 16.0. The Morgan fingerprint density at radius 3 is 1.09 bits per heavy atom. The van der Waals surface area contributed by atoms with Crippen LogP contribution in [0, 0.1) is 47.3 Å². The predicted octanol–water partition coefficient (Wildman–Crippen LogP) is 4.03. The van der Waals surface area contributed by atoms with E-state index in [1.54, 1.807) is 0 Å². The SMILES string of the molecule is CC(C)[C@@H]1[C@H]2CC[C@H](C2)[C@H]1N.CC(C)[C@H]1[C@@H]2CC[C@@H](C2)[C@@H]1N. The van der Waals surface area contributed by atoms with Crippen LogP contribution in [0.1, 0.15) is 66.2 Å². The molecule has 2 nitrogen and oxygen atoms in total. The molecule has 0 aromatic heterocycles. The first-order chi connectivity index (χ1) is 10.4. The van der Waals surface area contributed by atoms with Gasteiger partial charge in [0.1, 0.15) is 0 Å². The molecule has 0 unspecified atom stereocenters. The lowest BCUT2D eigenvalue weighted by Crippen LogP contribution is -2.38. The average Bonchev–Trinajstić information content (AvgIpc) is 3.17. The van der Waals surface area contributed by atoms with Gasteiger partial charge in [-0.3, -0.25) is 0 Å². The van der Waals surface area contributed by atoms with E-state index in [-0.39, 0.29) is 0 Å². The van der Waals surface area contributed by atoms with Gasteiger partial charge in [-0.1, -0.05) is 27.7 Å². The standard InChI is InChI=1S/2C10H19N/c2*1-6(2)9-7-3-4-8(5-7)10(9)11/h2*6-10H,3-5,11H2,1-2H3/t2*7-,8+,9+,10+/m10/s1. The molecule has 0 aromatic rings. The molecule has 2 heteroatoms. The molecule has 4 fully saturated rings. The highest BCUT2D eigenvalue weighted by atomic mass is 14.7. The quantitative estimate of drug-likeness (QED) is 0.809. The largest absolute Gasteiger partial charge is 0.327 e. The Hall–Kier alpha value is -0.0800. The van der Waals surface area contributed by atoms with E-state index in [0.717, 1.165) is 47.3 Å². The molecule has 4 rings (SSSR count). The van der Waals surface area contributed by atoms with E-state index in [4.69, 9.17) is 11.5 Å². The highest BCUT2D eigenvalue weighted by molar-refractivity contribution is 5.00. The molecule has 0 spiro atoms. The molecule has 4 saturated carbocycles. The van der Waals surface area contributed by atoms with E-state index in [1.165, 1.54) is 38.5 Å². The number of nitrogens with two attached hydrogens (primary N) is 2.